The van der Waals surface area contributed by atoms with Gasteiger partial charge in [0.15, 0.2) is 5.69 Å². The van der Waals surface area contributed by atoms with E-state index in [4.69, 9.17) is 4.52 Å². The molecule has 0 spiro atoms. The summed E-state index contributed by atoms with van der Waals surface area (Å²) in [5, 5.41) is 3.90. The first kappa shape index (κ1) is 12.9. The smallest absolute Gasteiger partial charge is 0.276 e. The first-order valence-electron chi connectivity index (χ1n) is 6.98. The lowest BCUT2D eigenvalue weighted by Crippen LogP contribution is -2.36. The second-order valence-corrected chi connectivity index (χ2v) is 5.51. The molecule has 4 nitrogen and oxygen atoms in total. The predicted octanol–water partition coefficient (Wildman–Crippen LogP) is 3.00. The molecule has 0 bridgehead atoms. The first-order chi connectivity index (χ1) is 9.65. The van der Waals surface area contributed by atoms with Crippen molar-refractivity contribution in [2.75, 3.05) is 6.54 Å². The molecule has 3 rings (SSSR count). The molecule has 1 aromatic carbocycles. The number of carbonyl (C=O) groups excluding carboxylic acids is 1. The lowest BCUT2D eigenvalue weighted by Gasteiger charge is -2.28. The predicted molar refractivity (Wildman–Crippen MR) is 75.5 cm³/mol. The standard InChI is InChI=1S/C16H18N2O2/c1-11(2)15-9-14(17-20-15)16(19)18-8-7-12-5-3-4-6-13(12)10-18/h3-6,9,11H,7-8,10H2,1-2H3. The van der Waals surface area contributed by atoms with E-state index < -0.39 is 0 Å². The van der Waals surface area contributed by atoms with Gasteiger partial charge in [0.2, 0.25) is 0 Å². The van der Waals surface area contributed by atoms with Gasteiger partial charge in [0.05, 0.1) is 0 Å². The van der Waals surface area contributed by atoms with Crippen LogP contribution in [-0.2, 0) is 13.0 Å². The molecule has 0 unspecified atom stereocenters. The molecule has 0 N–H and O–H groups in total. The molecule has 0 fully saturated rings. The molecular weight excluding hydrogens is 252 g/mol. The third-order valence-corrected chi connectivity index (χ3v) is 3.73. The van der Waals surface area contributed by atoms with Gasteiger partial charge in [0.1, 0.15) is 5.76 Å². The number of aromatic nitrogens is 1. The van der Waals surface area contributed by atoms with Gasteiger partial charge < -0.3 is 9.42 Å². The Balaban J connectivity index is 1.78. The van der Waals surface area contributed by atoms with Crippen LogP contribution >= 0.6 is 0 Å². The summed E-state index contributed by atoms with van der Waals surface area (Å²) < 4.78 is 5.21. The summed E-state index contributed by atoms with van der Waals surface area (Å²) in [6, 6.07) is 10.0. The Morgan fingerprint density at radius 1 is 1.30 bits per heavy atom. The molecule has 1 aromatic heterocycles. The van der Waals surface area contributed by atoms with Gasteiger partial charge in [-0.15, -0.1) is 0 Å². The highest BCUT2D eigenvalue weighted by atomic mass is 16.5. The highest BCUT2D eigenvalue weighted by molar-refractivity contribution is 5.92. The molecule has 0 saturated carbocycles. The van der Waals surface area contributed by atoms with Gasteiger partial charge in [-0.2, -0.15) is 0 Å². The minimum atomic E-state index is -0.0462. The highest BCUT2D eigenvalue weighted by Gasteiger charge is 2.24. The highest BCUT2D eigenvalue weighted by Crippen LogP contribution is 2.21. The second kappa shape index (κ2) is 5.12. The van der Waals surface area contributed by atoms with E-state index in [1.165, 1.54) is 11.1 Å². The third kappa shape index (κ3) is 2.33. The van der Waals surface area contributed by atoms with Gasteiger partial charge in [0, 0.05) is 25.1 Å². The van der Waals surface area contributed by atoms with Crippen molar-refractivity contribution in [1.82, 2.24) is 10.1 Å². The molecule has 2 heterocycles. The topological polar surface area (TPSA) is 46.3 Å². The van der Waals surface area contributed by atoms with Gasteiger partial charge >= 0.3 is 0 Å². The van der Waals surface area contributed by atoms with E-state index in [2.05, 4.69) is 17.3 Å². The van der Waals surface area contributed by atoms with Gasteiger partial charge in [-0.3, -0.25) is 4.79 Å². The van der Waals surface area contributed by atoms with E-state index in [9.17, 15) is 4.79 Å². The van der Waals surface area contributed by atoms with Crippen molar-refractivity contribution in [2.24, 2.45) is 0 Å². The fraction of sp³-hybridized carbons (Fsp3) is 0.375. The Labute approximate surface area is 118 Å². The van der Waals surface area contributed by atoms with Gasteiger partial charge in [0.25, 0.3) is 5.91 Å². The minimum absolute atomic E-state index is 0.0462. The van der Waals surface area contributed by atoms with Crippen molar-refractivity contribution >= 4 is 5.91 Å². The molecule has 20 heavy (non-hydrogen) atoms. The summed E-state index contributed by atoms with van der Waals surface area (Å²) in [4.78, 5) is 14.3. The van der Waals surface area contributed by atoms with Crippen molar-refractivity contribution < 1.29 is 9.32 Å². The average Bonchev–Trinajstić information content (AvgIpc) is 2.96. The molecule has 104 valence electrons. The van der Waals surface area contributed by atoms with Crippen LogP contribution in [0.3, 0.4) is 0 Å². The van der Waals surface area contributed by atoms with E-state index in [1.54, 1.807) is 6.07 Å². The van der Waals surface area contributed by atoms with Gasteiger partial charge in [-0.1, -0.05) is 43.3 Å². The van der Waals surface area contributed by atoms with Crippen molar-refractivity contribution in [1.29, 1.82) is 0 Å². The molecular formula is C16H18N2O2. The quantitative estimate of drug-likeness (QED) is 0.842. The zero-order valence-electron chi connectivity index (χ0n) is 11.8. The van der Waals surface area contributed by atoms with E-state index >= 15 is 0 Å². The fourth-order valence-corrected chi connectivity index (χ4v) is 2.49. The summed E-state index contributed by atoms with van der Waals surface area (Å²) in [5.41, 5.74) is 2.97. The Bertz CT molecular complexity index is 631. The molecule has 1 amide bonds. The second-order valence-electron chi connectivity index (χ2n) is 5.51. The average molecular weight is 270 g/mol. The monoisotopic (exact) mass is 270 g/mol. The molecule has 1 aliphatic rings. The van der Waals surface area contributed by atoms with E-state index in [0.29, 0.717) is 12.2 Å². The van der Waals surface area contributed by atoms with Gasteiger partial charge in [-0.25, -0.2) is 0 Å². The van der Waals surface area contributed by atoms with Gasteiger partial charge in [-0.05, 0) is 17.5 Å². The third-order valence-electron chi connectivity index (χ3n) is 3.73. The fourth-order valence-electron chi connectivity index (χ4n) is 2.49. The zero-order chi connectivity index (χ0) is 14.1. The van der Waals surface area contributed by atoms with Crippen molar-refractivity contribution in [3.8, 4) is 0 Å². The summed E-state index contributed by atoms with van der Waals surface area (Å²) in [7, 11) is 0. The minimum Gasteiger partial charge on any atom is -0.360 e. The molecule has 2 aromatic rings. The number of carbonyl (C=O) groups is 1. The lowest BCUT2D eigenvalue weighted by atomic mass is 10.00. The molecule has 4 heteroatoms. The lowest BCUT2D eigenvalue weighted by molar-refractivity contribution is 0.0724. The molecule has 0 saturated heterocycles. The van der Waals surface area contributed by atoms with Crippen LogP contribution in [-0.4, -0.2) is 22.5 Å². The largest absolute Gasteiger partial charge is 0.360 e. The maximum atomic E-state index is 12.4. The molecule has 1 aliphatic heterocycles. The van der Waals surface area contributed by atoms with E-state index in [1.807, 2.05) is 30.9 Å². The van der Waals surface area contributed by atoms with Crippen LogP contribution < -0.4 is 0 Å². The molecule has 0 radical (unpaired) electrons. The summed E-state index contributed by atoms with van der Waals surface area (Å²) in [6.45, 7) is 5.43. The molecule has 0 aliphatic carbocycles. The number of fused-ring (bicyclic) bond motifs is 1. The summed E-state index contributed by atoms with van der Waals surface area (Å²) in [6.07, 6.45) is 0.900. The Morgan fingerprint density at radius 3 is 2.75 bits per heavy atom. The van der Waals surface area contributed by atoms with Crippen LogP contribution in [0, 0.1) is 0 Å². The van der Waals surface area contributed by atoms with Crippen LogP contribution in [0.1, 0.15) is 47.1 Å². The SMILES string of the molecule is CC(C)c1cc(C(=O)N2CCc3ccccc3C2)no1. The first-order valence-corrected chi connectivity index (χ1v) is 6.98. The van der Waals surface area contributed by atoms with E-state index in [0.717, 1.165) is 18.7 Å². The zero-order valence-corrected chi connectivity index (χ0v) is 11.8. The van der Waals surface area contributed by atoms with Crippen molar-refractivity contribution in [2.45, 2.75) is 32.7 Å². The van der Waals surface area contributed by atoms with E-state index in [-0.39, 0.29) is 11.8 Å². The van der Waals surface area contributed by atoms with Crippen LogP contribution in [0.4, 0.5) is 0 Å². The Hall–Kier alpha value is -2.10. The van der Waals surface area contributed by atoms with Crippen molar-refractivity contribution in [3.05, 3.63) is 52.9 Å². The van der Waals surface area contributed by atoms with Crippen LogP contribution in [0.5, 0.6) is 0 Å². The molecule has 0 atom stereocenters. The Morgan fingerprint density at radius 2 is 2.05 bits per heavy atom. The number of nitrogens with zero attached hydrogens (tertiary/aromatic N) is 2. The van der Waals surface area contributed by atoms with Crippen molar-refractivity contribution in [3.63, 3.8) is 0 Å². The number of amides is 1. The number of hydrogen-bond donors (Lipinski definition) is 0. The number of hydrogen-bond acceptors (Lipinski definition) is 3. The Kier molecular flexibility index (Phi) is 3.30. The maximum absolute atomic E-state index is 12.4. The van der Waals surface area contributed by atoms with Crippen LogP contribution in [0.25, 0.3) is 0 Å². The number of benzene rings is 1. The normalized spacial score (nSPS) is 14.4. The van der Waals surface area contributed by atoms with Crippen LogP contribution in [0.2, 0.25) is 0 Å². The maximum Gasteiger partial charge on any atom is 0.276 e. The summed E-state index contributed by atoms with van der Waals surface area (Å²) >= 11 is 0. The number of rotatable bonds is 2. The van der Waals surface area contributed by atoms with Crippen LogP contribution in [0.15, 0.2) is 34.9 Å². The summed E-state index contributed by atoms with van der Waals surface area (Å²) in [5.74, 6) is 0.951.